The van der Waals surface area contributed by atoms with Crippen LogP contribution in [-0.2, 0) is 0 Å². The number of carbonyl (C=O) groups excluding carboxylic acids is 1. The molecule has 2 rings (SSSR count). The highest BCUT2D eigenvalue weighted by atomic mass is 16.2. The molecule has 0 spiro atoms. The Morgan fingerprint density at radius 3 is 3.00 bits per heavy atom. The average Bonchev–Trinajstić information content (AvgIpc) is 2.96. The molecule has 1 fully saturated rings. The van der Waals surface area contributed by atoms with Crippen molar-refractivity contribution in [3.05, 3.63) is 24.0 Å². The van der Waals surface area contributed by atoms with Crippen LogP contribution in [0.5, 0.6) is 0 Å². The number of nitrogens with zero attached hydrogens (tertiary/aromatic N) is 2. The van der Waals surface area contributed by atoms with Crippen molar-refractivity contribution in [1.82, 2.24) is 9.47 Å². The SMILES string of the molecule is CC(C)n1cccc1C(=O)N1CCCC1CN. The van der Waals surface area contributed by atoms with Crippen LogP contribution in [0.2, 0.25) is 0 Å². The van der Waals surface area contributed by atoms with Gasteiger partial charge in [0.25, 0.3) is 5.91 Å². The van der Waals surface area contributed by atoms with Crippen molar-refractivity contribution in [2.75, 3.05) is 13.1 Å². The topological polar surface area (TPSA) is 51.3 Å². The van der Waals surface area contributed by atoms with Gasteiger partial charge in [-0.3, -0.25) is 4.79 Å². The van der Waals surface area contributed by atoms with Crippen molar-refractivity contribution < 1.29 is 4.79 Å². The van der Waals surface area contributed by atoms with Gasteiger partial charge in [0.05, 0.1) is 0 Å². The molecular formula is C13H21N3O. The first-order chi connectivity index (χ1) is 8.15. The van der Waals surface area contributed by atoms with Crippen LogP contribution in [0.1, 0.15) is 43.2 Å². The largest absolute Gasteiger partial charge is 0.341 e. The molecule has 4 heteroatoms. The van der Waals surface area contributed by atoms with Gasteiger partial charge in [-0.2, -0.15) is 0 Å². The third-order valence-corrected chi connectivity index (χ3v) is 3.46. The zero-order valence-electron chi connectivity index (χ0n) is 10.6. The number of aromatic nitrogens is 1. The van der Waals surface area contributed by atoms with Crippen LogP contribution >= 0.6 is 0 Å². The van der Waals surface area contributed by atoms with E-state index in [2.05, 4.69) is 13.8 Å². The first-order valence-corrected chi connectivity index (χ1v) is 6.33. The Kier molecular flexibility index (Phi) is 3.52. The molecule has 94 valence electrons. The fraction of sp³-hybridized carbons (Fsp3) is 0.615. The predicted molar refractivity (Wildman–Crippen MR) is 67.9 cm³/mol. The number of hydrogen-bond acceptors (Lipinski definition) is 2. The minimum atomic E-state index is 0.122. The van der Waals surface area contributed by atoms with Crippen molar-refractivity contribution in [3.63, 3.8) is 0 Å². The van der Waals surface area contributed by atoms with Crippen molar-refractivity contribution in [1.29, 1.82) is 0 Å². The molecule has 2 N–H and O–H groups in total. The molecule has 1 aromatic rings. The maximum atomic E-state index is 12.5. The number of likely N-dealkylation sites (tertiary alicyclic amines) is 1. The van der Waals surface area contributed by atoms with E-state index in [1.807, 2.05) is 27.8 Å². The van der Waals surface area contributed by atoms with Crippen molar-refractivity contribution in [2.45, 2.75) is 38.8 Å². The second-order valence-electron chi connectivity index (χ2n) is 4.92. The second-order valence-corrected chi connectivity index (χ2v) is 4.92. The van der Waals surface area contributed by atoms with E-state index in [0.29, 0.717) is 12.6 Å². The summed E-state index contributed by atoms with van der Waals surface area (Å²) in [5, 5.41) is 0. The van der Waals surface area contributed by atoms with Gasteiger partial charge in [0.15, 0.2) is 0 Å². The van der Waals surface area contributed by atoms with Crippen LogP contribution in [0.3, 0.4) is 0 Å². The maximum Gasteiger partial charge on any atom is 0.270 e. The van der Waals surface area contributed by atoms with E-state index in [4.69, 9.17) is 5.73 Å². The van der Waals surface area contributed by atoms with Gasteiger partial charge in [-0.15, -0.1) is 0 Å². The maximum absolute atomic E-state index is 12.5. The number of rotatable bonds is 3. The molecule has 17 heavy (non-hydrogen) atoms. The van der Waals surface area contributed by atoms with Gasteiger partial charge in [-0.05, 0) is 38.8 Å². The van der Waals surface area contributed by atoms with Crippen LogP contribution in [0.15, 0.2) is 18.3 Å². The van der Waals surface area contributed by atoms with E-state index in [9.17, 15) is 4.79 Å². The lowest BCUT2D eigenvalue weighted by Crippen LogP contribution is -2.40. The highest BCUT2D eigenvalue weighted by Gasteiger charge is 2.29. The second kappa shape index (κ2) is 4.92. The van der Waals surface area contributed by atoms with Crippen LogP contribution in [0, 0.1) is 0 Å². The summed E-state index contributed by atoms with van der Waals surface area (Å²) in [7, 11) is 0. The monoisotopic (exact) mass is 235 g/mol. The Balaban J connectivity index is 2.22. The lowest BCUT2D eigenvalue weighted by molar-refractivity contribution is 0.0728. The number of hydrogen-bond donors (Lipinski definition) is 1. The van der Waals surface area contributed by atoms with Crippen LogP contribution in [0.25, 0.3) is 0 Å². The van der Waals surface area contributed by atoms with Crippen molar-refractivity contribution in [2.24, 2.45) is 5.73 Å². The van der Waals surface area contributed by atoms with Gasteiger partial charge in [0.1, 0.15) is 5.69 Å². The van der Waals surface area contributed by atoms with Gasteiger partial charge in [-0.25, -0.2) is 0 Å². The van der Waals surface area contributed by atoms with Gasteiger partial charge >= 0.3 is 0 Å². The van der Waals surface area contributed by atoms with Gasteiger partial charge < -0.3 is 15.2 Å². The molecule has 0 bridgehead atoms. The summed E-state index contributed by atoms with van der Waals surface area (Å²) in [5.41, 5.74) is 6.49. The molecule has 0 aliphatic carbocycles. The van der Waals surface area contributed by atoms with Gasteiger partial charge in [0, 0.05) is 31.4 Å². The molecule has 1 aromatic heterocycles. The minimum Gasteiger partial charge on any atom is -0.341 e. The molecule has 1 saturated heterocycles. The average molecular weight is 235 g/mol. The van der Waals surface area contributed by atoms with Crippen molar-refractivity contribution >= 4 is 5.91 Å². The molecule has 1 atom stereocenters. The molecule has 1 aliphatic rings. The quantitative estimate of drug-likeness (QED) is 0.865. The standard InChI is InChI=1S/C13H21N3O/c1-10(2)15-7-4-6-12(15)13(17)16-8-3-5-11(16)9-14/h4,6-7,10-11H,3,5,8-9,14H2,1-2H3. The van der Waals surface area contributed by atoms with E-state index in [0.717, 1.165) is 25.1 Å². The summed E-state index contributed by atoms with van der Waals surface area (Å²) in [4.78, 5) is 14.4. The van der Waals surface area contributed by atoms with Crippen LogP contribution in [0.4, 0.5) is 0 Å². The third kappa shape index (κ3) is 2.22. The highest BCUT2D eigenvalue weighted by Crippen LogP contribution is 2.21. The molecule has 1 unspecified atom stereocenters. The lowest BCUT2D eigenvalue weighted by atomic mass is 10.2. The summed E-state index contributed by atoms with van der Waals surface area (Å²) < 4.78 is 2.02. The van der Waals surface area contributed by atoms with Gasteiger partial charge in [0.2, 0.25) is 0 Å². The fourth-order valence-electron chi connectivity index (χ4n) is 2.52. The molecular weight excluding hydrogens is 214 g/mol. The smallest absolute Gasteiger partial charge is 0.270 e. The first kappa shape index (κ1) is 12.2. The first-order valence-electron chi connectivity index (χ1n) is 6.33. The number of carbonyl (C=O) groups is 1. The van der Waals surface area contributed by atoms with E-state index in [1.54, 1.807) is 0 Å². The third-order valence-electron chi connectivity index (χ3n) is 3.46. The predicted octanol–water partition coefficient (Wildman–Crippen LogP) is 1.63. The van der Waals surface area contributed by atoms with Crippen LogP contribution in [-0.4, -0.2) is 34.5 Å². The number of amides is 1. The molecule has 4 nitrogen and oxygen atoms in total. The summed E-state index contributed by atoms with van der Waals surface area (Å²) in [6.07, 6.45) is 4.06. The summed E-state index contributed by atoms with van der Waals surface area (Å²) in [6.45, 7) is 5.57. The molecule has 1 amide bonds. The zero-order valence-corrected chi connectivity index (χ0v) is 10.6. The Hall–Kier alpha value is -1.29. The molecule has 0 saturated carbocycles. The molecule has 2 heterocycles. The Morgan fingerprint density at radius 1 is 1.59 bits per heavy atom. The summed E-state index contributed by atoms with van der Waals surface area (Å²) in [5.74, 6) is 0.122. The van der Waals surface area contributed by atoms with E-state index in [1.165, 1.54) is 0 Å². The zero-order chi connectivity index (χ0) is 12.4. The molecule has 1 aliphatic heterocycles. The highest BCUT2D eigenvalue weighted by molar-refractivity contribution is 5.93. The van der Waals surface area contributed by atoms with Gasteiger partial charge in [-0.1, -0.05) is 0 Å². The molecule has 0 radical (unpaired) electrons. The number of nitrogens with two attached hydrogens (primary N) is 1. The Bertz CT molecular complexity index is 397. The van der Waals surface area contributed by atoms with E-state index in [-0.39, 0.29) is 11.9 Å². The Labute approximate surface area is 102 Å². The molecule has 0 aromatic carbocycles. The fourth-order valence-corrected chi connectivity index (χ4v) is 2.52. The lowest BCUT2D eigenvalue weighted by Gasteiger charge is -2.24. The van der Waals surface area contributed by atoms with E-state index >= 15 is 0 Å². The summed E-state index contributed by atoms with van der Waals surface area (Å²) in [6, 6.07) is 4.36. The van der Waals surface area contributed by atoms with E-state index < -0.39 is 0 Å². The van der Waals surface area contributed by atoms with Crippen LogP contribution < -0.4 is 5.73 Å². The normalized spacial score (nSPS) is 20.2. The van der Waals surface area contributed by atoms with Crippen molar-refractivity contribution in [3.8, 4) is 0 Å². The summed E-state index contributed by atoms with van der Waals surface area (Å²) >= 11 is 0. The Morgan fingerprint density at radius 2 is 2.35 bits per heavy atom. The minimum absolute atomic E-state index is 0.122.